The summed E-state index contributed by atoms with van der Waals surface area (Å²) in [6.07, 6.45) is 4.04. The molecule has 0 aliphatic carbocycles. The molecule has 2 N–H and O–H groups in total. The normalized spacial score (nSPS) is 20.7. The van der Waals surface area contributed by atoms with Crippen LogP contribution in [0, 0.1) is 5.92 Å². The number of piperidine rings is 1. The van der Waals surface area contributed by atoms with Gasteiger partial charge < -0.3 is 10.6 Å². The highest BCUT2D eigenvalue weighted by atomic mass is 79.9. The Bertz CT molecular complexity index is 363. The summed E-state index contributed by atoms with van der Waals surface area (Å²) in [5.74, 6) is 0.488. The highest BCUT2D eigenvalue weighted by molar-refractivity contribution is 9.11. The van der Waals surface area contributed by atoms with Crippen molar-refractivity contribution in [2.75, 3.05) is 19.6 Å². The fraction of sp³-hybridized carbons (Fsp3) is 0.600. The number of thiazole rings is 1. The largest absolute Gasteiger partial charge is 0.350 e. The van der Waals surface area contributed by atoms with Gasteiger partial charge in [0.05, 0.1) is 9.98 Å². The first kappa shape index (κ1) is 12.0. The summed E-state index contributed by atoms with van der Waals surface area (Å²) in [6, 6.07) is 0. The molecule has 0 unspecified atom stereocenters. The Morgan fingerprint density at radius 2 is 2.62 bits per heavy atom. The molecule has 16 heavy (non-hydrogen) atoms. The van der Waals surface area contributed by atoms with Crippen molar-refractivity contribution in [1.29, 1.82) is 0 Å². The molecule has 0 spiro atoms. The van der Waals surface area contributed by atoms with E-state index in [-0.39, 0.29) is 5.91 Å². The molecule has 0 radical (unpaired) electrons. The molecule has 0 aromatic carbocycles. The summed E-state index contributed by atoms with van der Waals surface area (Å²) in [6.45, 7) is 2.84. The van der Waals surface area contributed by atoms with Crippen molar-refractivity contribution in [3.8, 4) is 0 Å². The van der Waals surface area contributed by atoms with Crippen LogP contribution in [0.3, 0.4) is 0 Å². The van der Waals surface area contributed by atoms with E-state index in [4.69, 9.17) is 0 Å². The minimum atomic E-state index is -0.0683. The average Bonchev–Trinajstić information content (AvgIpc) is 2.74. The molecule has 0 bridgehead atoms. The van der Waals surface area contributed by atoms with Gasteiger partial charge in [-0.1, -0.05) is 0 Å². The molecule has 88 valence electrons. The quantitative estimate of drug-likeness (QED) is 0.892. The van der Waals surface area contributed by atoms with E-state index in [9.17, 15) is 4.79 Å². The Morgan fingerprint density at radius 1 is 1.75 bits per heavy atom. The van der Waals surface area contributed by atoms with Crippen molar-refractivity contribution < 1.29 is 4.79 Å². The van der Waals surface area contributed by atoms with Crippen molar-refractivity contribution in [3.05, 3.63) is 15.0 Å². The average molecular weight is 304 g/mol. The third-order valence-electron chi connectivity index (χ3n) is 2.62. The van der Waals surface area contributed by atoms with Crippen molar-refractivity contribution in [2.45, 2.75) is 12.8 Å². The Morgan fingerprint density at radius 3 is 3.25 bits per heavy atom. The van der Waals surface area contributed by atoms with Crippen LogP contribution < -0.4 is 10.6 Å². The number of aromatic nitrogens is 1. The first-order valence-corrected chi connectivity index (χ1v) is 6.97. The van der Waals surface area contributed by atoms with Crippen LogP contribution in [0.1, 0.15) is 22.6 Å². The predicted molar refractivity (Wildman–Crippen MR) is 67.7 cm³/mol. The van der Waals surface area contributed by atoms with E-state index in [0.29, 0.717) is 10.9 Å². The fourth-order valence-electron chi connectivity index (χ4n) is 1.77. The van der Waals surface area contributed by atoms with Gasteiger partial charge in [0.15, 0.2) is 5.01 Å². The number of nitrogens with zero attached hydrogens (tertiary/aromatic N) is 1. The first-order valence-electron chi connectivity index (χ1n) is 5.36. The van der Waals surface area contributed by atoms with E-state index < -0.39 is 0 Å². The molecule has 1 saturated heterocycles. The van der Waals surface area contributed by atoms with E-state index >= 15 is 0 Å². The molecule has 1 fully saturated rings. The third kappa shape index (κ3) is 3.26. The lowest BCUT2D eigenvalue weighted by molar-refractivity contribution is 0.0944. The fourth-order valence-corrected chi connectivity index (χ4v) is 2.89. The SMILES string of the molecule is O=C(NC[C@@H]1CCCNC1)c1ncc(Br)s1. The van der Waals surface area contributed by atoms with E-state index in [1.54, 1.807) is 6.20 Å². The van der Waals surface area contributed by atoms with Crippen molar-refractivity contribution in [3.63, 3.8) is 0 Å². The molecule has 1 aliphatic rings. The first-order chi connectivity index (χ1) is 7.75. The van der Waals surface area contributed by atoms with Gasteiger partial charge in [0, 0.05) is 6.54 Å². The highest BCUT2D eigenvalue weighted by Crippen LogP contribution is 2.18. The van der Waals surface area contributed by atoms with Crippen LogP contribution >= 0.6 is 27.3 Å². The molecule has 2 rings (SSSR count). The predicted octanol–water partition coefficient (Wildman–Crippen LogP) is 1.63. The van der Waals surface area contributed by atoms with E-state index in [1.807, 2.05) is 0 Å². The monoisotopic (exact) mass is 303 g/mol. The van der Waals surface area contributed by atoms with Gasteiger partial charge in [-0.15, -0.1) is 11.3 Å². The summed E-state index contributed by atoms with van der Waals surface area (Å²) < 4.78 is 0.886. The number of carbonyl (C=O) groups excluding carboxylic acids is 1. The zero-order chi connectivity index (χ0) is 11.4. The smallest absolute Gasteiger partial charge is 0.280 e. The topological polar surface area (TPSA) is 54.0 Å². The van der Waals surface area contributed by atoms with Gasteiger partial charge in [-0.3, -0.25) is 4.79 Å². The van der Waals surface area contributed by atoms with Gasteiger partial charge in [0.2, 0.25) is 0 Å². The van der Waals surface area contributed by atoms with E-state index in [2.05, 4.69) is 31.5 Å². The summed E-state index contributed by atoms with van der Waals surface area (Å²) in [4.78, 5) is 15.7. The Labute approximate surface area is 107 Å². The van der Waals surface area contributed by atoms with Gasteiger partial charge in [-0.25, -0.2) is 4.98 Å². The van der Waals surface area contributed by atoms with Crippen LogP contribution in [0.5, 0.6) is 0 Å². The Balaban J connectivity index is 1.79. The van der Waals surface area contributed by atoms with E-state index in [1.165, 1.54) is 24.2 Å². The van der Waals surface area contributed by atoms with Gasteiger partial charge >= 0.3 is 0 Å². The molecule has 0 saturated carbocycles. The zero-order valence-corrected chi connectivity index (χ0v) is 11.2. The molecule has 1 aromatic rings. The molecule has 4 nitrogen and oxygen atoms in total. The maximum atomic E-state index is 11.7. The molecular formula is C10H14BrN3OS. The van der Waals surface area contributed by atoms with Crippen molar-refractivity contribution in [2.24, 2.45) is 5.92 Å². The Hall–Kier alpha value is -0.460. The van der Waals surface area contributed by atoms with Gasteiger partial charge in [-0.05, 0) is 47.8 Å². The number of hydrogen-bond donors (Lipinski definition) is 2. The zero-order valence-electron chi connectivity index (χ0n) is 8.83. The summed E-state index contributed by atoms with van der Waals surface area (Å²) in [5, 5.41) is 6.78. The maximum Gasteiger partial charge on any atom is 0.280 e. The molecule has 1 atom stereocenters. The molecule has 1 aliphatic heterocycles. The van der Waals surface area contributed by atoms with Crippen molar-refractivity contribution >= 4 is 33.2 Å². The second-order valence-corrected chi connectivity index (χ2v) is 6.30. The molecule has 1 aromatic heterocycles. The summed E-state index contributed by atoms with van der Waals surface area (Å²) >= 11 is 4.65. The second kappa shape index (κ2) is 5.75. The van der Waals surface area contributed by atoms with Crippen LogP contribution in [0.25, 0.3) is 0 Å². The number of rotatable bonds is 3. The molecule has 1 amide bonds. The van der Waals surface area contributed by atoms with Crippen LogP contribution in [-0.2, 0) is 0 Å². The standard InChI is InChI=1S/C10H14BrN3OS/c11-8-6-14-10(16-8)9(15)13-5-7-2-1-3-12-4-7/h6-7,12H,1-5H2,(H,13,15)/t7-/m1/s1. The number of halogens is 1. The van der Waals surface area contributed by atoms with Crippen LogP contribution in [0.4, 0.5) is 0 Å². The molecule has 2 heterocycles. The van der Waals surface area contributed by atoms with Gasteiger partial charge in [0.25, 0.3) is 5.91 Å². The highest BCUT2D eigenvalue weighted by Gasteiger charge is 2.15. The summed E-state index contributed by atoms with van der Waals surface area (Å²) in [7, 11) is 0. The van der Waals surface area contributed by atoms with Gasteiger partial charge in [-0.2, -0.15) is 0 Å². The summed E-state index contributed by atoms with van der Waals surface area (Å²) in [5.41, 5.74) is 0. The molecular weight excluding hydrogens is 290 g/mol. The lowest BCUT2D eigenvalue weighted by Gasteiger charge is -2.22. The van der Waals surface area contributed by atoms with Crippen LogP contribution in [0.15, 0.2) is 9.98 Å². The minimum Gasteiger partial charge on any atom is -0.350 e. The number of carbonyl (C=O) groups is 1. The third-order valence-corrected chi connectivity index (χ3v) is 4.10. The minimum absolute atomic E-state index is 0.0683. The maximum absolute atomic E-state index is 11.7. The lowest BCUT2D eigenvalue weighted by atomic mass is 10.00. The molecule has 6 heteroatoms. The number of nitrogens with one attached hydrogen (secondary N) is 2. The van der Waals surface area contributed by atoms with Crippen LogP contribution in [-0.4, -0.2) is 30.5 Å². The van der Waals surface area contributed by atoms with E-state index in [0.717, 1.165) is 23.4 Å². The van der Waals surface area contributed by atoms with Gasteiger partial charge in [0.1, 0.15) is 0 Å². The Kier molecular flexibility index (Phi) is 4.31. The second-order valence-electron chi connectivity index (χ2n) is 3.89. The van der Waals surface area contributed by atoms with Crippen LogP contribution in [0.2, 0.25) is 0 Å². The van der Waals surface area contributed by atoms with Crippen molar-refractivity contribution in [1.82, 2.24) is 15.6 Å². The lowest BCUT2D eigenvalue weighted by Crippen LogP contribution is -2.38. The number of amides is 1. The number of hydrogen-bond acceptors (Lipinski definition) is 4.